The number of carbonyl (C=O) groups is 1. The zero-order valence-corrected chi connectivity index (χ0v) is 13.0. The minimum Gasteiger partial charge on any atom is -0.459 e. The van der Waals surface area contributed by atoms with E-state index in [1.165, 1.54) is 12.0 Å². The molecule has 0 bridgehead atoms. The zero-order chi connectivity index (χ0) is 15.5. The summed E-state index contributed by atoms with van der Waals surface area (Å²) >= 11 is 0. The Morgan fingerprint density at radius 2 is 2.36 bits per heavy atom. The molecule has 6 heteroatoms. The largest absolute Gasteiger partial charge is 0.459 e. The van der Waals surface area contributed by atoms with Crippen LogP contribution in [0.4, 0.5) is 0 Å². The van der Waals surface area contributed by atoms with Crippen molar-refractivity contribution in [3.8, 4) is 0 Å². The van der Waals surface area contributed by atoms with Gasteiger partial charge in [-0.25, -0.2) is 0 Å². The van der Waals surface area contributed by atoms with E-state index in [9.17, 15) is 4.79 Å². The first kappa shape index (κ1) is 14.8. The number of rotatable bonds is 5. The topological polar surface area (TPSA) is 60.5 Å². The van der Waals surface area contributed by atoms with Crippen molar-refractivity contribution in [3.05, 3.63) is 41.6 Å². The lowest BCUT2D eigenvalue weighted by Crippen LogP contribution is -2.40. The maximum Gasteiger partial charge on any atom is 0.289 e. The molecule has 1 amide bonds. The maximum atomic E-state index is 12.5. The van der Waals surface area contributed by atoms with E-state index in [0.717, 1.165) is 12.1 Å². The van der Waals surface area contributed by atoms with E-state index in [4.69, 9.17) is 9.15 Å². The molecule has 0 radical (unpaired) electrons. The van der Waals surface area contributed by atoms with E-state index >= 15 is 0 Å². The number of aromatic nitrogens is 2. The van der Waals surface area contributed by atoms with Crippen LogP contribution in [0.5, 0.6) is 0 Å². The Bertz CT molecular complexity index is 633. The van der Waals surface area contributed by atoms with Crippen molar-refractivity contribution in [3.63, 3.8) is 0 Å². The molecule has 6 nitrogen and oxygen atoms in total. The third-order valence-electron chi connectivity index (χ3n) is 3.99. The van der Waals surface area contributed by atoms with Gasteiger partial charge in [-0.2, -0.15) is 5.10 Å². The number of fused-ring (bicyclic) bond motifs is 1. The summed E-state index contributed by atoms with van der Waals surface area (Å²) in [7, 11) is 0. The smallest absolute Gasteiger partial charge is 0.289 e. The summed E-state index contributed by atoms with van der Waals surface area (Å²) in [6.45, 7) is 7.33. The van der Waals surface area contributed by atoms with Crippen LogP contribution in [0.1, 0.15) is 41.6 Å². The van der Waals surface area contributed by atoms with E-state index in [2.05, 4.69) is 12.0 Å². The molecule has 0 fully saturated rings. The number of ether oxygens (including phenoxy) is 1. The monoisotopic (exact) mass is 303 g/mol. The van der Waals surface area contributed by atoms with Crippen LogP contribution in [0.25, 0.3) is 0 Å². The minimum atomic E-state index is -0.0820. The lowest BCUT2D eigenvalue weighted by atomic mass is 9.96. The van der Waals surface area contributed by atoms with E-state index in [1.807, 2.05) is 22.7 Å². The predicted molar refractivity (Wildman–Crippen MR) is 80.6 cm³/mol. The van der Waals surface area contributed by atoms with Gasteiger partial charge in [0.15, 0.2) is 5.76 Å². The zero-order valence-electron chi connectivity index (χ0n) is 13.0. The molecule has 2 aromatic heterocycles. The van der Waals surface area contributed by atoms with Gasteiger partial charge in [-0.3, -0.25) is 9.48 Å². The van der Waals surface area contributed by atoms with E-state index in [1.54, 1.807) is 12.1 Å². The Balaban J connectivity index is 1.86. The minimum absolute atomic E-state index is 0.0820. The van der Waals surface area contributed by atoms with Crippen molar-refractivity contribution in [2.24, 2.45) is 0 Å². The summed E-state index contributed by atoms with van der Waals surface area (Å²) < 4.78 is 12.9. The molecule has 22 heavy (non-hydrogen) atoms. The summed E-state index contributed by atoms with van der Waals surface area (Å²) in [6, 6.07) is 3.43. The van der Waals surface area contributed by atoms with Crippen LogP contribution in [0.15, 0.2) is 29.0 Å². The first-order chi connectivity index (χ1) is 10.7. The highest BCUT2D eigenvalue weighted by Crippen LogP contribution is 2.29. The number of hydrogen-bond donors (Lipinski definition) is 0. The summed E-state index contributed by atoms with van der Waals surface area (Å²) in [5.41, 5.74) is 2.29. The van der Waals surface area contributed by atoms with E-state index in [-0.39, 0.29) is 11.8 Å². The van der Waals surface area contributed by atoms with Crippen molar-refractivity contribution < 1.29 is 13.9 Å². The van der Waals surface area contributed by atoms with Gasteiger partial charge in [-0.05, 0) is 26.0 Å². The maximum absolute atomic E-state index is 12.5. The highest BCUT2D eigenvalue weighted by Gasteiger charge is 2.32. The lowest BCUT2D eigenvalue weighted by Gasteiger charge is -2.32. The molecule has 0 spiro atoms. The van der Waals surface area contributed by atoms with Gasteiger partial charge in [0.05, 0.1) is 24.8 Å². The summed E-state index contributed by atoms with van der Waals surface area (Å²) in [4.78, 5) is 14.3. The number of furan rings is 1. The van der Waals surface area contributed by atoms with Gasteiger partial charge >= 0.3 is 0 Å². The van der Waals surface area contributed by atoms with Crippen LogP contribution in [0.2, 0.25) is 0 Å². The standard InChI is InChI=1S/C16H21N3O3/c1-3-19-15-12(8-17-19)9-18(10-13(15)11-21-4-2)16(20)14-6-5-7-22-14/h5-8,13H,3-4,9-11H2,1-2H3/t13-/m0/s1. The second-order valence-electron chi connectivity index (χ2n) is 5.39. The number of aryl methyl sites for hydroxylation is 1. The normalized spacial score (nSPS) is 17.5. The molecule has 0 aromatic carbocycles. The van der Waals surface area contributed by atoms with Crippen LogP contribution < -0.4 is 0 Å². The van der Waals surface area contributed by atoms with Gasteiger partial charge in [0.2, 0.25) is 0 Å². The molecule has 0 unspecified atom stereocenters. The van der Waals surface area contributed by atoms with Crippen LogP contribution in [-0.4, -0.2) is 40.3 Å². The average molecular weight is 303 g/mol. The Labute approximate surface area is 129 Å². The summed E-state index contributed by atoms with van der Waals surface area (Å²) in [5, 5.41) is 4.43. The average Bonchev–Trinajstić information content (AvgIpc) is 3.20. The molecular formula is C16H21N3O3. The van der Waals surface area contributed by atoms with Gasteiger partial charge in [-0.1, -0.05) is 0 Å². The number of amides is 1. The van der Waals surface area contributed by atoms with Crippen molar-refractivity contribution in [2.45, 2.75) is 32.9 Å². The summed E-state index contributed by atoms with van der Waals surface area (Å²) in [6.07, 6.45) is 3.38. The number of hydrogen-bond acceptors (Lipinski definition) is 4. The van der Waals surface area contributed by atoms with Crippen molar-refractivity contribution in [2.75, 3.05) is 19.8 Å². The molecule has 0 saturated carbocycles. The van der Waals surface area contributed by atoms with Crippen LogP contribution >= 0.6 is 0 Å². The molecule has 1 atom stereocenters. The third-order valence-corrected chi connectivity index (χ3v) is 3.99. The fraction of sp³-hybridized carbons (Fsp3) is 0.500. The molecule has 3 rings (SSSR count). The van der Waals surface area contributed by atoms with Crippen molar-refractivity contribution >= 4 is 5.91 Å². The number of nitrogens with zero attached hydrogens (tertiary/aromatic N) is 3. The molecule has 118 valence electrons. The summed E-state index contributed by atoms with van der Waals surface area (Å²) in [5.74, 6) is 0.438. The quantitative estimate of drug-likeness (QED) is 0.850. The molecule has 1 aliphatic heterocycles. The highest BCUT2D eigenvalue weighted by atomic mass is 16.5. The van der Waals surface area contributed by atoms with Crippen LogP contribution in [-0.2, 0) is 17.8 Å². The Morgan fingerprint density at radius 3 is 3.05 bits per heavy atom. The highest BCUT2D eigenvalue weighted by molar-refractivity contribution is 5.91. The predicted octanol–water partition coefficient (Wildman–Crippen LogP) is 2.27. The second kappa shape index (κ2) is 6.36. The van der Waals surface area contributed by atoms with E-state index < -0.39 is 0 Å². The second-order valence-corrected chi connectivity index (χ2v) is 5.39. The molecular weight excluding hydrogens is 282 g/mol. The lowest BCUT2D eigenvalue weighted by molar-refractivity contribution is 0.0618. The first-order valence-corrected chi connectivity index (χ1v) is 7.69. The van der Waals surface area contributed by atoms with Gasteiger partial charge in [-0.15, -0.1) is 0 Å². The number of carbonyl (C=O) groups excluding carboxylic acids is 1. The van der Waals surface area contributed by atoms with Crippen LogP contribution in [0.3, 0.4) is 0 Å². The van der Waals surface area contributed by atoms with Crippen molar-refractivity contribution in [1.29, 1.82) is 0 Å². The Kier molecular flexibility index (Phi) is 4.29. The Morgan fingerprint density at radius 1 is 1.50 bits per heavy atom. The molecule has 2 aromatic rings. The fourth-order valence-electron chi connectivity index (χ4n) is 3.01. The Hall–Kier alpha value is -2.08. The molecule has 1 aliphatic rings. The first-order valence-electron chi connectivity index (χ1n) is 7.69. The molecule has 0 saturated heterocycles. The van der Waals surface area contributed by atoms with Gasteiger partial charge < -0.3 is 14.1 Å². The molecule has 0 N–H and O–H groups in total. The third kappa shape index (κ3) is 2.66. The molecule has 3 heterocycles. The van der Waals surface area contributed by atoms with Crippen molar-refractivity contribution in [1.82, 2.24) is 14.7 Å². The SMILES string of the molecule is CCOC[C@@H]1CN(C(=O)c2ccco2)Cc2cnn(CC)c21. The molecule has 0 aliphatic carbocycles. The van der Waals surface area contributed by atoms with E-state index in [0.29, 0.717) is 32.1 Å². The van der Waals surface area contributed by atoms with Gasteiger partial charge in [0.1, 0.15) is 0 Å². The van der Waals surface area contributed by atoms with Crippen LogP contribution in [0, 0.1) is 0 Å². The van der Waals surface area contributed by atoms with Gasteiger partial charge in [0.25, 0.3) is 5.91 Å². The van der Waals surface area contributed by atoms with Gasteiger partial charge in [0, 0.05) is 37.7 Å². The fourth-order valence-corrected chi connectivity index (χ4v) is 3.01.